The first-order valence-corrected chi connectivity index (χ1v) is 5.53. The van der Waals surface area contributed by atoms with E-state index in [2.05, 4.69) is 10.5 Å². The number of amides is 1. The fourth-order valence-corrected chi connectivity index (χ4v) is 1.58. The van der Waals surface area contributed by atoms with E-state index in [1.54, 1.807) is 26.0 Å². The van der Waals surface area contributed by atoms with Gasteiger partial charge in [-0.2, -0.15) is 0 Å². The fourth-order valence-electron chi connectivity index (χ4n) is 1.58. The van der Waals surface area contributed by atoms with Gasteiger partial charge in [0.15, 0.2) is 5.76 Å². The van der Waals surface area contributed by atoms with Crippen molar-refractivity contribution in [2.24, 2.45) is 0 Å². The first kappa shape index (κ1) is 12.3. The highest BCUT2D eigenvalue weighted by Gasteiger charge is 2.12. The van der Waals surface area contributed by atoms with Crippen LogP contribution in [0.15, 0.2) is 28.8 Å². The number of carbonyl (C=O) groups is 1. The SMILES string of the molecule is Cc1ccc(F)c(C(=O)NCc2cc(C)no2)c1. The Labute approximate surface area is 104 Å². The zero-order chi connectivity index (χ0) is 13.1. The lowest BCUT2D eigenvalue weighted by atomic mass is 10.1. The number of carbonyl (C=O) groups excluding carboxylic acids is 1. The maximum absolute atomic E-state index is 13.5. The molecule has 0 saturated carbocycles. The van der Waals surface area contributed by atoms with Crippen LogP contribution in [-0.4, -0.2) is 11.1 Å². The molecule has 4 nitrogen and oxygen atoms in total. The van der Waals surface area contributed by atoms with E-state index >= 15 is 0 Å². The zero-order valence-electron chi connectivity index (χ0n) is 10.2. The molecule has 1 aromatic heterocycles. The molecule has 0 aliphatic carbocycles. The second kappa shape index (κ2) is 5.00. The smallest absolute Gasteiger partial charge is 0.254 e. The topological polar surface area (TPSA) is 55.1 Å². The summed E-state index contributed by atoms with van der Waals surface area (Å²) in [7, 11) is 0. The number of nitrogens with zero attached hydrogens (tertiary/aromatic N) is 1. The molecule has 0 bridgehead atoms. The highest BCUT2D eigenvalue weighted by Crippen LogP contribution is 2.10. The highest BCUT2D eigenvalue weighted by atomic mass is 19.1. The number of hydrogen-bond donors (Lipinski definition) is 1. The van der Waals surface area contributed by atoms with Crippen molar-refractivity contribution >= 4 is 5.91 Å². The molecule has 2 rings (SSSR count). The number of benzene rings is 1. The molecule has 2 aromatic rings. The molecule has 1 N–H and O–H groups in total. The molecule has 0 aliphatic heterocycles. The van der Waals surface area contributed by atoms with E-state index in [-0.39, 0.29) is 12.1 Å². The first-order valence-electron chi connectivity index (χ1n) is 5.53. The van der Waals surface area contributed by atoms with Crippen LogP contribution in [0.3, 0.4) is 0 Å². The van der Waals surface area contributed by atoms with E-state index in [9.17, 15) is 9.18 Å². The minimum absolute atomic E-state index is 0.0336. The van der Waals surface area contributed by atoms with Crippen LogP contribution in [0, 0.1) is 19.7 Å². The van der Waals surface area contributed by atoms with Gasteiger partial charge in [-0.15, -0.1) is 0 Å². The number of nitrogens with one attached hydrogen (secondary N) is 1. The molecular formula is C13H13FN2O2. The van der Waals surface area contributed by atoms with Crippen LogP contribution in [0.2, 0.25) is 0 Å². The Morgan fingerprint density at radius 1 is 1.39 bits per heavy atom. The molecule has 18 heavy (non-hydrogen) atoms. The average Bonchev–Trinajstić information content (AvgIpc) is 2.75. The summed E-state index contributed by atoms with van der Waals surface area (Å²) >= 11 is 0. The lowest BCUT2D eigenvalue weighted by Crippen LogP contribution is -2.23. The molecule has 0 fully saturated rings. The predicted octanol–water partition coefficient (Wildman–Crippen LogP) is 2.36. The van der Waals surface area contributed by atoms with Crippen molar-refractivity contribution in [2.75, 3.05) is 0 Å². The zero-order valence-corrected chi connectivity index (χ0v) is 10.2. The van der Waals surface area contributed by atoms with Crippen LogP contribution in [0.25, 0.3) is 0 Å². The van der Waals surface area contributed by atoms with Gasteiger partial charge in [0.1, 0.15) is 5.82 Å². The van der Waals surface area contributed by atoms with Crippen LogP contribution in [0.1, 0.15) is 27.4 Å². The van der Waals surface area contributed by atoms with Gasteiger partial charge in [-0.05, 0) is 26.0 Å². The molecule has 0 aliphatic rings. The maximum Gasteiger partial charge on any atom is 0.254 e. The predicted molar refractivity (Wildman–Crippen MR) is 63.5 cm³/mol. The lowest BCUT2D eigenvalue weighted by Gasteiger charge is -2.05. The minimum Gasteiger partial charge on any atom is -0.359 e. The van der Waals surface area contributed by atoms with Gasteiger partial charge in [0.2, 0.25) is 0 Å². The van der Waals surface area contributed by atoms with E-state index in [1.165, 1.54) is 12.1 Å². The van der Waals surface area contributed by atoms with Crippen LogP contribution in [0.5, 0.6) is 0 Å². The molecular weight excluding hydrogens is 235 g/mol. The molecule has 0 atom stereocenters. The van der Waals surface area contributed by atoms with Gasteiger partial charge in [-0.25, -0.2) is 4.39 Å². The van der Waals surface area contributed by atoms with Gasteiger partial charge in [0.05, 0.1) is 17.8 Å². The Morgan fingerprint density at radius 3 is 2.83 bits per heavy atom. The number of rotatable bonds is 3. The monoisotopic (exact) mass is 248 g/mol. The lowest BCUT2D eigenvalue weighted by molar-refractivity contribution is 0.0943. The summed E-state index contributed by atoms with van der Waals surface area (Å²) in [6, 6.07) is 6.12. The number of halogens is 1. The molecule has 5 heteroatoms. The Hall–Kier alpha value is -2.17. The van der Waals surface area contributed by atoms with Gasteiger partial charge in [0.25, 0.3) is 5.91 Å². The second-order valence-corrected chi connectivity index (χ2v) is 4.10. The normalized spacial score (nSPS) is 10.4. The highest BCUT2D eigenvalue weighted by molar-refractivity contribution is 5.94. The number of aromatic nitrogens is 1. The van der Waals surface area contributed by atoms with Crippen LogP contribution in [-0.2, 0) is 6.54 Å². The van der Waals surface area contributed by atoms with E-state index < -0.39 is 11.7 Å². The van der Waals surface area contributed by atoms with Crippen molar-refractivity contribution in [3.63, 3.8) is 0 Å². The van der Waals surface area contributed by atoms with Gasteiger partial charge < -0.3 is 9.84 Å². The first-order chi connectivity index (χ1) is 8.56. The molecule has 1 aromatic carbocycles. The minimum atomic E-state index is -0.535. The number of hydrogen-bond acceptors (Lipinski definition) is 3. The van der Waals surface area contributed by atoms with Crippen molar-refractivity contribution in [3.8, 4) is 0 Å². The summed E-state index contributed by atoms with van der Waals surface area (Å²) < 4.78 is 18.4. The van der Waals surface area contributed by atoms with E-state index in [1.807, 2.05) is 0 Å². The van der Waals surface area contributed by atoms with Crippen molar-refractivity contribution < 1.29 is 13.7 Å². The van der Waals surface area contributed by atoms with Crippen molar-refractivity contribution in [2.45, 2.75) is 20.4 Å². The summed E-state index contributed by atoms with van der Waals surface area (Å²) in [4.78, 5) is 11.8. The third-order valence-electron chi connectivity index (χ3n) is 2.47. The second-order valence-electron chi connectivity index (χ2n) is 4.10. The summed E-state index contributed by atoms with van der Waals surface area (Å²) in [6.07, 6.45) is 0. The Balaban J connectivity index is 2.05. The van der Waals surface area contributed by atoms with Gasteiger partial charge in [-0.3, -0.25) is 4.79 Å². The standard InChI is InChI=1S/C13H13FN2O2/c1-8-3-4-12(14)11(5-8)13(17)15-7-10-6-9(2)16-18-10/h3-6H,7H2,1-2H3,(H,15,17). The third kappa shape index (κ3) is 2.74. The average molecular weight is 248 g/mol. The van der Waals surface area contributed by atoms with Gasteiger partial charge >= 0.3 is 0 Å². The molecule has 1 heterocycles. The van der Waals surface area contributed by atoms with Crippen molar-refractivity contribution in [3.05, 3.63) is 52.7 Å². The summed E-state index contributed by atoms with van der Waals surface area (Å²) in [5, 5.41) is 6.28. The Kier molecular flexibility index (Phi) is 3.41. The molecule has 0 spiro atoms. The maximum atomic E-state index is 13.5. The van der Waals surface area contributed by atoms with E-state index in [0.717, 1.165) is 11.3 Å². The van der Waals surface area contributed by atoms with Crippen molar-refractivity contribution in [1.29, 1.82) is 0 Å². The van der Waals surface area contributed by atoms with Crippen LogP contribution in [0.4, 0.5) is 4.39 Å². The van der Waals surface area contributed by atoms with Gasteiger partial charge in [-0.1, -0.05) is 16.8 Å². The Bertz CT molecular complexity index is 578. The van der Waals surface area contributed by atoms with E-state index in [0.29, 0.717) is 5.76 Å². The van der Waals surface area contributed by atoms with Gasteiger partial charge in [0, 0.05) is 6.07 Å². The molecule has 1 amide bonds. The third-order valence-corrected chi connectivity index (χ3v) is 2.47. The van der Waals surface area contributed by atoms with Crippen molar-refractivity contribution in [1.82, 2.24) is 10.5 Å². The summed E-state index contributed by atoms with van der Waals surface area (Å²) in [5.41, 5.74) is 1.60. The van der Waals surface area contributed by atoms with Crippen LogP contribution < -0.4 is 5.32 Å². The number of aryl methyl sites for hydroxylation is 2. The quantitative estimate of drug-likeness (QED) is 0.907. The molecule has 0 unspecified atom stereocenters. The molecule has 94 valence electrons. The molecule has 0 saturated heterocycles. The Morgan fingerprint density at radius 2 is 2.17 bits per heavy atom. The fraction of sp³-hybridized carbons (Fsp3) is 0.231. The van der Waals surface area contributed by atoms with Crippen LogP contribution >= 0.6 is 0 Å². The summed E-state index contributed by atoms with van der Waals surface area (Å²) in [6.45, 7) is 3.78. The molecule has 0 radical (unpaired) electrons. The summed E-state index contributed by atoms with van der Waals surface area (Å²) in [5.74, 6) is -0.467. The van der Waals surface area contributed by atoms with E-state index in [4.69, 9.17) is 4.52 Å². The largest absolute Gasteiger partial charge is 0.359 e.